The van der Waals surface area contributed by atoms with Crippen molar-refractivity contribution in [3.8, 4) is 5.75 Å². The standard InChI is InChI=1S/C15H13BrN2O2S/c1-20-13-7-11(16)6-12(8-13)18-15(19)10-4-2-9(3-5-10)14(17)21/h2-8H,1H3,(H2,17,21)(H,18,19). The highest BCUT2D eigenvalue weighted by Crippen LogP contribution is 2.24. The maximum Gasteiger partial charge on any atom is 0.255 e. The van der Waals surface area contributed by atoms with E-state index in [0.29, 0.717) is 22.0 Å². The van der Waals surface area contributed by atoms with E-state index in [2.05, 4.69) is 21.2 Å². The van der Waals surface area contributed by atoms with E-state index in [9.17, 15) is 4.79 Å². The first-order chi connectivity index (χ1) is 9.99. The van der Waals surface area contributed by atoms with Crippen LogP contribution in [0.4, 0.5) is 5.69 Å². The summed E-state index contributed by atoms with van der Waals surface area (Å²) in [5, 5.41) is 2.81. The van der Waals surface area contributed by atoms with Gasteiger partial charge in [0, 0.05) is 27.4 Å². The average Bonchev–Trinajstić information content (AvgIpc) is 2.46. The van der Waals surface area contributed by atoms with Gasteiger partial charge < -0.3 is 15.8 Å². The van der Waals surface area contributed by atoms with Crippen LogP contribution in [-0.2, 0) is 0 Å². The number of carbonyl (C=O) groups excluding carboxylic acids is 1. The molecule has 2 aromatic rings. The lowest BCUT2D eigenvalue weighted by atomic mass is 10.1. The number of methoxy groups -OCH3 is 1. The molecule has 0 atom stereocenters. The van der Waals surface area contributed by atoms with Crippen LogP contribution < -0.4 is 15.8 Å². The minimum absolute atomic E-state index is 0.218. The summed E-state index contributed by atoms with van der Waals surface area (Å²) in [7, 11) is 1.57. The number of anilines is 1. The quantitative estimate of drug-likeness (QED) is 0.816. The van der Waals surface area contributed by atoms with Gasteiger partial charge >= 0.3 is 0 Å². The van der Waals surface area contributed by atoms with Gasteiger partial charge in [0.2, 0.25) is 0 Å². The van der Waals surface area contributed by atoms with E-state index in [0.717, 1.165) is 10.0 Å². The molecule has 6 heteroatoms. The van der Waals surface area contributed by atoms with E-state index >= 15 is 0 Å². The molecule has 0 aliphatic heterocycles. The van der Waals surface area contributed by atoms with Gasteiger partial charge in [-0.05, 0) is 24.3 Å². The lowest BCUT2D eigenvalue weighted by Crippen LogP contribution is -2.13. The monoisotopic (exact) mass is 364 g/mol. The molecule has 0 radical (unpaired) electrons. The molecular formula is C15H13BrN2O2S. The fraction of sp³-hybridized carbons (Fsp3) is 0.0667. The summed E-state index contributed by atoms with van der Waals surface area (Å²) in [4.78, 5) is 12.5. The summed E-state index contributed by atoms with van der Waals surface area (Å²) in [5.74, 6) is 0.438. The van der Waals surface area contributed by atoms with Crippen molar-refractivity contribution in [3.05, 3.63) is 58.1 Å². The van der Waals surface area contributed by atoms with Gasteiger partial charge in [0.1, 0.15) is 10.7 Å². The van der Waals surface area contributed by atoms with Crippen LogP contribution in [0.15, 0.2) is 46.9 Å². The first-order valence-electron chi connectivity index (χ1n) is 6.05. The van der Waals surface area contributed by atoms with Crippen molar-refractivity contribution in [2.45, 2.75) is 0 Å². The zero-order valence-corrected chi connectivity index (χ0v) is 13.6. The van der Waals surface area contributed by atoms with Gasteiger partial charge in [0.25, 0.3) is 5.91 Å². The summed E-state index contributed by atoms with van der Waals surface area (Å²) < 4.78 is 5.98. The molecule has 0 spiro atoms. The molecule has 2 rings (SSSR count). The number of nitrogens with two attached hydrogens (primary N) is 1. The van der Waals surface area contributed by atoms with Crippen molar-refractivity contribution in [2.24, 2.45) is 5.73 Å². The number of hydrogen-bond donors (Lipinski definition) is 2. The highest BCUT2D eigenvalue weighted by molar-refractivity contribution is 9.10. The Labute approximate surface area is 136 Å². The summed E-state index contributed by atoms with van der Waals surface area (Å²) in [6.45, 7) is 0. The zero-order chi connectivity index (χ0) is 15.4. The first kappa shape index (κ1) is 15.5. The highest BCUT2D eigenvalue weighted by atomic mass is 79.9. The van der Waals surface area contributed by atoms with Gasteiger partial charge in [-0.25, -0.2) is 0 Å². The van der Waals surface area contributed by atoms with Gasteiger partial charge in [-0.3, -0.25) is 4.79 Å². The van der Waals surface area contributed by atoms with Crippen molar-refractivity contribution in [2.75, 3.05) is 12.4 Å². The smallest absolute Gasteiger partial charge is 0.255 e. The highest BCUT2D eigenvalue weighted by Gasteiger charge is 2.08. The molecule has 108 valence electrons. The third-order valence-electron chi connectivity index (χ3n) is 2.80. The molecule has 4 nitrogen and oxygen atoms in total. The number of carbonyl (C=O) groups is 1. The second-order valence-electron chi connectivity index (χ2n) is 4.28. The lowest BCUT2D eigenvalue weighted by Gasteiger charge is -2.08. The molecule has 0 saturated carbocycles. The third kappa shape index (κ3) is 4.03. The molecule has 0 aliphatic rings. The summed E-state index contributed by atoms with van der Waals surface area (Å²) in [6, 6.07) is 12.2. The van der Waals surface area contributed by atoms with Crippen LogP contribution in [0.3, 0.4) is 0 Å². The normalized spacial score (nSPS) is 10.0. The molecule has 2 aromatic carbocycles. The largest absolute Gasteiger partial charge is 0.497 e. The minimum Gasteiger partial charge on any atom is -0.497 e. The van der Waals surface area contributed by atoms with Gasteiger partial charge in [-0.1, -0.05) is 40.3 Å². The van der Waals surface area contributed by atoms with Gasteiger partial charge in [0.15, 0.2) is 0 Å². The zero-order valence-electron chi connectivity index (χ0n) is 11.2. The number of benzene rings is 2. The van der Waals surface area contributed by atoms with Crippen molar-refractivity contribution >= 4 is 44.7 Å². The molecule has 0 saturated heterocycles. The van der Waals surface area contributed by atoms with E-state index in [1.165, 1.54) is 0 Å². The fourth-order valence-electron chi connectivity index (χ4n) is 1.74. The predicted octanol–water partition coefficient (Wildman–Crippen LogP) is 3.34. The van der Waals surface area contributed by atoms with Crippen molar-refractivity contribution < 1.29 is 9.53 Å². The molecule has 1 amide bonds. The second-order valence-corrected chi connectivity index (χ2v) is 5.63. The number of amides is 1. The molecule has 0 bridgehead atoms. The van der Waals surface area contributed by atoms with Crippen LogP contribution in [0.25, 0.3) is 0 Å². The Balaban J connectivity index is 2.17. The number of rotatable bonds is 4. The number of hydrogen-bond acceptors (Lipinski definition) is 3. The molecule has 0 heterocycles. The van der Waals surface area contributed by atoms with Gasteiger partial charge in [0.05, 0.1) is 7.11 Å². The molecule has 0 aliphatic carbocycles. The Hall–Kier alpha value is -1.92. The summed E-state index contributed by atoms with van der Waals surface area (Å²) in [6.07, 6.45) is 0. The number of halogens is 1. The van der Waals surface area contributed by atoms with Crippen molar-refractivity contribution in [3.63, 3.8) is 0 Å². The number of thiocarbonyl (C=S) groups is 1. The van der Waals surface area contributed by atoms with E-state index in [1.807, 2.05) is 6.07 Å². The Bertz CT molecular complexity index is 687. The summed E-state index contributed by atoms with van der Waals surface area (Å²) >= 11 is 8.24. The number of nitrogens with one attached hydrogen (secondary N) is 1. The van der Waals surface area contributed by atoms with E-state index in [4.69, 9.17) is 22.7 Å². The molecule has 3 N–H and O–H groups in total. The topological polar surface area (TPSA) is 64.3 Å². The lowest BCUT2D eigenvalue weighted by molar-refractivity contribution is 0.102. The van der Waals surface area contributed by atoms with E-state index < -0.39 is 0 Å². The van der Waals surface area contributed by atoms with Gasteiger partial charge in [-0.15, -0.1) is 0 Å². The maximum absolute atomic E-state index is 12.2. The predicted molar refractivity (Wildman–Crippen MR) is 91.0 cm³/mol. The minimum atomic E-state index is -0.218. The first-order valence-corrected chi connectivity index (χ1v) is 7.25. The third-order valence-corrected chi connectivity index (χ3v) is 3.49. The van der Waals surface area contributed by atoms with Crippen LogP contribution >= 0.6 is 28.1 Å². The van der Waals surface area contributed by atoms with E-state index in [1.54, 1.807) is 43.5 Å². The second kappa shape index (κ2) is 6.69. The van der Waals surface area contributed by atoms with Crippen LogP contribution in [-0.4, -0.2) is 18.0 Å². The maximum atomic E-state index is 12.2. The molecule has 0 fully saturated rings. The van der Waals surface area contributed by atoms with E-state index in [-0.39, 0.29) is 5.91 Å². The molecule has 0 unspecified atom stereocenters. The van der Waals surface area contributed by atoms with Crippen molar-refractivity contribution in [1.29, 1.82) is 0 Å². The molecule has 0 aromatic heterocycles. The Morgan fingerprint density at radius 3 is 2.38 bits per heavy atom. The molecule has 21 heavy (non-hydrogen) atoms. The van der Waals surface area contributed by atoms with Gasteiger partial charge in [-0.2, -0.15) is 0 Å². The van der Waals surface area contributed by atoms with Crippen LogP contribution in [0.5, 0.6) is 5.75 Å². The Morgan fingerprint density at radius 1 is 1.19 bits per heavy atom. The summed E-state index contributed by atoms with van der Waals surface area (Å²) in [5.41, 5.74) is 7.42. The van der Waals surface area contributed by atoms with Crippen LogP contribution in [0, 0.1) is 0 Å². The van der Waals surface area contributed by atoms with Crippen molar-refractivity contribution in [1.82, 2.24) is 0 Å². The Morgan fingerprint density at radius 2 is 1.81 bits per heavy atom. The fourth-order valence-corrected chi connectivity index (χ4v) is 2.35. The Kier molecular flexibility index (Phi) is 4.93. The average molecular weight is 365 g/mol. The van der Waals surface area contributed by atoms with Crippen LogP contribution in [0.2, 0.25) is 0 Å². The number of ether oxygens (including phenoxy) is 1. The SMILES string of the molecule is COc1cc(Br)cc(NC(=O)c2ccc(C(N)=S)cc2)c1. The van der Waals surface area contributed by atoms with Crippen LogP contribution in [0.1, 0.15) is 15.9 Å². The molecular weight excluding hydrogens is 352 g/mol.